The molecule has 1 aromatic carbocycles. The summed E-state index contributed by atoms with van der Waals surface area (Å²) in [7, 11) is 0. The van der Waals surface area contributed by atoms with Crippen LogP contribution in [0.15, 0.2) is 59.9 Å². The molecule has 0 amide bonds. The van der Waals surface area contributed by atoms with Crippen molar-refractivity contribution in [2.75, 3.05) is 0 Å². The zero-order valence-electron chi connectivity index (χ0n) is 11.0. The molecule has 1 unspecified atom stereocenters. The predicted octanol–water partition coefficient (Wildman–Crippen LogP) is 2.58. The Morgan fingerprint density at radius 1 is 1.19 bits per heavy atom. The summed E-state index contributed by atoms with van der Waals surface area (Å²) >= 11 is 0. The minimum Gasteiger partial charge on any atom is -0.502 e. The van der Waals surface area contributed by atoms with Crippen molar-refractivity contribution in [2.45, 2.75) is 6.42 Å². The Bertz CT molecular complexity index is 653. The number of halogens is 1. The van der Waals surface area contributed by atoms with Crippen LogP contribution >= 0.6 is 0 Å². The van der Waals surface area contributed by atoms with Crippen molar-refractivity contribution < 1.29 is 24.2 Å². The molecule has 0 fully saturated rings. The van der Waals surface area contributed by atoms with Gasteiger partial charge in [-0.1, -0.05) is 30.4 Å². The van der Waals surface area contributed by atoms with E-state index in [2.05, 4.69) is 0 Å². The van der Waals surface area contributed by atoms with Gasteiger partial charge < -0.3 is 10.2 Å². The van der Waals surface area contributed by atoms with Crippen LogP contribution in [0.2, 0.25) is 0 Å². The average Bonchev–Trinajstić information content (AvgIpc) is 2.89. The van der Waals surface area contributed by atoms with Crippen molar-refractivity contribution in [2.24, 2.45) is 5.92 Å². The maximum atomic E-state index is 12.9. The molecule has 1 atom stereocenters. The number of aliphatic hydroxyl groups is 1. The molecule has 2 N–H and O–H groups in total. The molecule has 0 radical (unpaired) electrons. The number of allylic oxidation sites excluding steroid dienone is 5. The molecule has 0 saturated heterocycles. The van der Waals surface area contributed by atoms with E-state index in [1.807, 2.05) is 6.08 Å². The van der Waals surface area contributed by atoms with Crippen molar-refractivity contribution in [3.63, 3.8) is 0 Å². The molecule has 1 aliphatic carbocycles. The highest BCUT2D eigenvalue weighted by Gasteiger charge is 2.21. The lowest BCUT2D eigenvalue weighted by Gasteiger charge is -2.11. The lowest BCUT2D eigenvalue weighted by Crippen LogP contribution is -2.12. The van der Waals surface area contributed by atoms with E-state index >= 15 is 0 Å². The Hall–Kier alpha value is -2.69. The van der Waals surface area contributed by atoms with Gasteiger partial charge in [0.15, 0.2) is 5.78 Å². The van der Waals surface area contributed by atoms with Crippen LogP contribution in [0.5, 0.6) is 0 Å². The van der Waals surface area contributed by atoms with Gasteiger partial charge in [-0.3, -0.25) is 4.79 Å². The molecule has 5 heteroatoms. The second kappa shape index (κ2) is 6.17. The van der Waals surface area contributed by atoms with E-state index in [-0.39, 0.29) is 11.7 Å². The highest BCUT2D eigenvalue weighted by molar-refractivity contribution is 6.08. The van der Waals surface area contributed by atoms with Gasteiger partial charge in [0.1, 0.15) is 5.82 Å². The third-order valence-electron chi connectivity index (χ3n) is 3.16. The van der Waals surface area contributed by atoms with Gasteiger partial charge in [-0.2, -0.15) is 0 Å². The summed E-state index contributed by atoms with van der Waals surface area (Å²) < 4.78 is 12.9. The van der Waals surface area contributed by atoms with Crippen LogP contribution in [0.3, 0.4) is 0 Å². The Morgan fingerprint density at radius 2 is 1.86 bits per heavy atom. The molecule has 0 bridgehead atoms. The van der Waals surface area contributed by atoms with Crippen molar-refractivity contribution in [1.82, 2.24) is 0 Å². The van der Waals surface area contributed by atoms with E-state index in [1.165, 1.54) is 12.1 Å². The summed E-state index contributed by atoms with van der Waals surface area (Å²) in [6, 6.07) is 5.95. The zero-order chi connectivity index (χ0) is 15.4. The van der Waals surface area contributed by atoms with Crippen LogP contribution in [0.1, 0.15) is 5.56 Å². The molecule has 0 saturated carbocycles. The smallest absolute Gasteiger partial charge is 0.371 e. The first kappa shape index (κ1) is 14.7. The van der Waals surface area contributed by atoms with Gasteiger partial charge in [0, 0.05) is 17.6 Å². The lowest BCUT2D eigenvalue weighted by atomic mass is 9.91. The molecule has 2 rings (SSSR count). The van der Waals surface area contributed by atoms with Crippen molar-refractivity contribution in [3.8, 4) is 0 Å². The summed E-state index contributed by atoms with van der Waals surface area (Å²) in [5.74, 6) is -3.65. The first-order valence-corrected chi connectivity index (χ1v) is 6.28. The molecule has 4 nitrogen and oxygen atoms in total. The fourth-order valence-electron chi connectivity index (χ4n) is 2.11. The number of aliphatic carboxylic acids is 1. The van der Waals surface area contributed by atoms with E-state index in [0.717, 1.165) is 5.56 Å². The maximum Gasteiger partial charge on any atom is 0.371 e. The van der Waals surface area contributed by atoms with Crippen LogP contribution in [-0.4, -0.2) is 22.0 Å². The highest BCUT2D eigenvalue weighted by Crippen LogP contribution is 2.25. The molecular formula is C16H13FO4. The first-order valence-electron chi connectivity index (χ1n) is 6.28. The number of ketones is 1. The van der Waals surface area contributed by atoms with Crippen LogP contribution in [0, 0.1) is 11.7 Å². The molecule has 0 spiro atoms. The molecule has 108 valence electrons. The van der Waals surface area contributed by atoms with Gasteiger partial charge in [0.2, 0.25) is 5.76 Å². The minimum absolute atomic E-state index is 0.221. The Morgan fingerprint density at radius 3 is 2.48 bits per heavy atom. The van der Waals surface area contributed by atoms with Crippen molar-refractivity contribution in [1.29, 1.82) is 0 Å². The molecule has 0 aliphatic heterocycles. The number of carbonyl (C=O) groups excluding carboxylic acids is 1. The largest absolute Gasteiger partial charge is 0.502 e. The van der Waals surface area contributed by atoms with Crippen molar-refractivity contribution >= 4 is 11.8 Å². The topological polar surface area (TPSA) is 74.6 Å². The Labute approximate surface area is 120 Å². The van der Waals surface area contributed by atoms with Gasteiger partial charge in [-0.05, 0) is 24.1 Å². The number of aliphatic hydroxyl groups excluding tert-OH is 1. The molecule has 1 aliphatic rings. The van der Waals surface area contributed by atoms with Gasteiger partial charge >= 0.3 is 5.97 Å². The lowest BCUT2D eigenvalue weighted by molar-refractivity contribution is -0.135. The van der Waals surface area contributed by atoms with Gasteiger partial charge in [-0.25, -0.2) is 9.18 Å². The number of carbonyl (C=O) groups is 2. The highest BCUT2D eigenvalue weighted by atomic mass is 19.1. The average molecular weight is 288 g/mol. The first-order chi connectivity index (χ1) is 9.97. The monoisotopic (exact) mass is 288 g/mol. The molecular weight excluding hydrogens is 275 g/mol. The second-order valence-electron chi connectivity index (χ2n) is 4.64. The molecule has 21 heavy (non-hydrogen) atoms. The van der Waals surface area contributed by atoms with E-state index in [4.69, 9.17) is 10.2 Å². The van der Waals surface area contributed by atoms with E-state index in [0.29, 0.717) is 18.1 Å². The number of carboxylic acids is 1. The number of carboxylic acid groups (broad SMARTS) is 1. The number of hydrogen-bond donors (Lipinski definition) is 2. The summed E-state index contributed by atoms with van der Waals surface area (Å²) in [5.41, 5.74) is 1.25. The van der Waals surface area contributed by atoms with E-state index in [9.17, 15) is 14.0 Å². The van der Waals surface area contributed by atoms with Gasteiger partial charge in [0.05, 0.1) is 0 Å². The fraction of sp³-hybridized carbons (Fsp3) is 0.125. The van der Waals surface area contributed by atoms with Crippen molar-refractivity contribution in [3.05, 3.63) is 71.3 Å². The van der Waals surface area contributed by atoms with Gasteiger partial charge in [-0.15, -0.1) is 0 Å². The van der Waals surface area contributed by atoms with E-state index in [1.54, 1.807) is 24.3 Å². The van der Waals surface area contributed by atoms with Crippen LogP contribution in [0.4, 0.5) is 4.39 Å². The summed E-state index contributed by atoms with van der Waals surface area (Å²) in [6.07, 6.45) is 6.28. The zero-order valence-corrected chi connectivity index (χ0v) is 11.0. The maximum absolute atomic E-state index is 12.9. The summed E-state index contributed by atoms with van der Waals surface area (Å²) in [6.45, 7) is 0. The van der Waals surface area contributed by atoms with Gasteiger partial charge in [0.25, 0.3) is 0 Å². The second-order valence-corrected chi connectivity index (χ2v) is 4.64. The fourth-order valence-corrected chi connectivity index (χ4v) is 2.11. The quantitative estimate of drug-likeness (QED) is 0.645. The molecule has 1 aromatic rings. The third kappa shape index (κ3) is 3.66. The third-order valence-corrected chi connectivity index (χ3v) is 3.16. The number of rotatable bonds is 5. The normalized spacial score (nSPS) is 17.7. The Balaban J connectivity index is 2.11. The number of hydrogen-bond acceptors (Lipinski definition) is 3. The summed E-state index contributed by atoms with van der Waals surface area (Å²) in [4.78, 5) is 22.5. The van der Waals surface area contributed by atoms with Crippen LogP contribution < -0.4 is 0 Å². The summed E-state index contributed by atoms with van der Waals surface area (Å²) in [5, 5.41) is 17.7. The Kier molecular flexibility index (Phi) is 4.33. The molecule has 0 aromatic heterocycles. The molecule has 0 heterocycles. The predicted molar refractivity (Wildman–Crippen MR) is 74.2 cm³/mol. The van der Waals surface area contributed by atoms with Crippen LogP contribution in [-0.2, 0) is 16.0 Å². The number of benzene rings is 1. The van der Waals surface area contributed by atoms with Crippen LogP contribution in [0.25, 0.3) is 0 Å². The standard InChI is InChI=1S/C16H13FO4/c17-12-6-4-10(5-7-12)8-11-2-1-3-13(11)14(18)9-15(19)16(20)21/h1-7,9,11,19H,8H2,(H,20,21)/b15-9-. The SMILES string of the molecule is O=C(/C=C(\O)C(=O)O)C1=CC=CC1Cc1ccc(F)cc1. The minimum atomic E-state index is -1.55. The van der Waals surface area contributed by atoms with E-state index < -0.39 is 17.5 Å².